The van der Waals surface area contributed by atoms with E-state index in [4.69, 9.17) is 14.8 Å². The first-order chi connectivity index (χ1) is 28.9. The number of hydrogen-bond donors (Lipinski definition) is 4. The molecule has 0 radical (unpaired) electrons. The molecule has 9 heteroatoms. The molecule has 0 rings (SSSR count). The lowest BCUT2D eigenvalue weighted by atomic mass is 10.0. The summed E-state index contributed by atoms with van der Waals surface area (Å²) in [7, 11) is -4.32. The Balaban J connectivity index is 4.09. The van der Waals surface area contributed by atoms with E-state index >= 15 is 0 Å². The number of rotatable bonds is 46. The van der Waals surface area contributed by atoms with Crippen molar-refractivity contribution in [2.75, 3.05) is 19.8 Å². The highest BCUT2D eigenvalue weighted by Crippen LogP contribution is 2.43. The molecule has 0 aliphatic heterocycles. The minimum absolute atomic E-state index is 0.0861. The third-order valence-electron chi connectivity index (χ3n) is 10.9. The van der Waals surface area contributed by atoms with Gasteiger partial charge in [0, 0.05) is 13.0 Å². The molecule has 346 valence electrons. The number of unbranched alkanes of at least 4 members (excludes halogenated alkanes) is 26. The summed E-state index contributed by atoms with van der Waals surface area (Å²) < 4.78 is 22.3. The number of hydrogen-bond acceptors (Lipinski definition) is 6. The molecule has 0 bridgehead atoms. The maximum Gasteiger partial charge on any atom is 0.472 e. The average molecular weight is 851 g/mol. The normalized spacial score (nSPS) is 14.3. The SMILES string of the molecule is CC/C=C\C/C=C\C/C=C\C/C=C\CCCCCCCCCCC(=O)NC(COP(=O)(O)OCCN)C(O)CCCCCCCCCCCCCCCCCCCCC. The highest BCUT2D eigenvalue weighted by Gasteiger charge is 2.27. The summed E-state index contributed by atoms with van der Waals surface area (Å²) in [5.74, 6) is -0.169. The number of aliphatic hydroxyl groups excluding tert-OH is 1. The minimum atomic E-state index is -4.32. The molecule has 0 aliphatic carbocycles. The second-order valence-electron chi connectivity index (χ2n) is 16.6. The topological polar surface area (TPSA) is 131 Å². The molecule has 0 aromatic heterocycles. The predicted octanol–water partition coefficient (Wildman–Crippen LogP) is 14.5. The molecule has 1 amide bonds. The molecule has 5 N–H and O–H groups in total. The van der Waals surface area contributed by atoms with Crippen LogP contribution in [0.4, 0.5) is 0 Å². The van der Waals surface area contributed by atoms with E-state index in [0.29, 0.717) is 12.8 Å². The third kappa shape index (κ3) is 44.3. The van der Waals surface area contributed by atoms with Crippen LogP contribution in [0, 0.1) is 0 Å². The number of aliphatic hydroxyl groups is 1. The van der Waals surface area contributed by atoms with Crippen LogP contribution in [0.2, 0.25) is 0 Å². The second-order valence-corrected chi connectivity index (χ2v) is 18.1. The fraction of sp³-hybridized carbons (Fsp3) is 0.820. The van der Waals surface area contributed by atoms with Crippen LogP contribution in [0.1, 0.15) is 232 Å². The minimum Gasteiger partial charge on any atom is -0.391 e. The van der Waals surface area contributed by atoms with Gasteiger partial charge in [0.05, 0.1) is 25.4 Å². The molecule has 0 aliphatic rings. The van der Waals surface area contributed by atoms with Crippen LogP contribution in [-0.2, 0) is 18.4 Å². The molecule has 59 heavy (non-hydrogen) atoms. The average Bonchev–Trinajstić information content (AvgIpc) is 3.22. The van der Waals surface area contributed by atoms with Gasteiger partial charge in [-0.15, -0.1) is 0 Å². The standard InChI is InChI=1S/C50H95N2O6P/c1-3-5-7-9-11-13-15-17-19-21-23-24-26-28-30-32-34-36-38-40-42-44-50(54)52-48(47-58-59(55,56)57-46-45-51)49(53)43-41-39-37-35-33-31-29-27-25-22-20-18-16-14-12-10-8-6-4-2/h5,7,11,13,17,19,23-24,48-49,53H,3-4,6,8-10,12,14-16,18,20-22,25-47,51H2,1-2H3,(H,52,54)(H,55,56)/b7-5-,13-11-,19-17-,24-23-. The smallest absolute Gasteiger partial charge is 0.391 e. The van der Waals surface area contributed by atoms with E-state index in [9.17, 15) is 19.4 Å². The Kier molecular flexibility index (Phi) is 44.8. The fourth-order valence-electron chi connectivity index (χ4n) is 7.25. The van der Waals surface area contributed by atoms with Crippen LogP contribution < -0.4 is 11.1 Å². The Morgan fingerprint density at radius 1 is 0.576 bits per heavy atom. The lowest BCUT2D eigenvalue weighted by Gasteiger charge is -2.25. The Bertz CT molecular complexity index is 1060. The van der Waals surface area contributed by atoms with Gasteiger partial charge in [0.1, 0.15) is 0 Å². The first-order valence-electron chi connectivity index (χ1n) is 24.8. The van der Waals surface area contributed by atoms with E-state index in [0.717, 1.165) is 70.6 Å². The van der Waals surface area contributed by atoms with Gasteiger partial charge in [0.2, 0.25) is 5.91 Å². The summed E-state index contributed by atoms with van der Waals surface area (Å²) in [4.78, 5) is 22.8. The summed E-state index contributed by atoms with van der Waals surface area (Å²) in [5, 5.41) is 13.9. The van der Waals surface area contributed by atoms with Gasteiger partial charge in [-0.3, -0.25) is 13.8 Å². The van der Waals surface area contributed by atoms with Crippen molar-refractivity contribution in [1.29, 1.82) is 0 Å². The van der Waals surface area contributed by atoms with Crippen LogP contribution >= 0.6 is 7.82 Å². The van der Waals surface area contributed by atoms with Crippen LogP contribution in [0.15, 0.2) is 48.6 Å². The lowest BCUT2D eigenvalue weighted by molar-refractivity contribution is -0.123. The zero-order valence-electron chi connectivity index (χ0n) is 38.5. The van der Waals surface area contributed by atoms with Crippen molar-refractivity contribution < 1.29 is 28.4 Å². The molecule has 0 saturated heterocycles. The van der Waals surface area contributed by atoms with Crippen LogP contribution in [0.25, 0.3) is 0 Å². The fourth-order valence-corrected chi connectivity index (χ4v) is 8.01. The quantitative estimate of drug-likeness (QED) is 0.0272. The van der Waals surface area contributed by atoms with Gasteiger partial charge in [-0.25, -0.2) is 4.57 Å². The zero-order chi connectivity index (χ0) is 43.2. The Morgan fingerprint density at radius 2 is 0.983 bits per heavy atom. The Hall–Kier alpha value is -1.54. The number of carbonyl (C=O) groups excluding carboxylic acids is 1. The van der Waals surface area contributed by atoms with E-state index in [-0.39, 0.29) is 25.7 Å². The zero-order valence-corrected chi connectivity index (χ0v) is 39.4. The maximum atomic E-state index is 12.8. The predicted molar refractivity (Wildman–Crippen MR) is 254 cm³/mol. The number of amides is 1. The first kappa shape index (κ1) is 57.5. The van der Waals surface area contributed by atoms with E-state index in [1.165, 1.54) is 135 Å². The highest BCUT2D eigenvalue weighted by molar-refractivity contribution is 7.47. The van der Waals surface area contributed by atoms with E-state index in [2.05, 4.69) is 67.8 Å². The van der Waals surface area contributed by atoms with Crippen molar-refractivity contribution in [3.63, 3.8) is 0 Å². The largest absolute Gasteiger partial charge is 0.472 e. The van der Waals surface area contributed by atoms with Crippen molar-refractivity contribution >= 4 is 13.7 Å². The summed E-state index contributed by atoms with van der Waals surface area (Å²) in [6.45, 7) is 4.11. The summed E-state index contributed by atoms with van der Waals surface area (Å²) >= 11 is 0. The van der Waals surface area contributed by atoms with Gasteiger partial charge in [-0.1, -0.05) is 223 Å². The molecule has 0 aromatic carbocycles. The number of nitrogens with two attached hydrogens (primary N) is 1. The molecule has 0 saturated carbocycles. The van der Waals surface area contributed by atoms with E-state index < -0.39 is 20.0 Å². The van der Waals surface area contributed by atoms with Crippen molar-refractivity contribution in [3.8, 4) is 0 Å². The monoisotopic (exact) mass is 851 g/mol. The van der Waals surface area contributed by atoms with Gasteiger partial charge in [0.15, 0.2) is 0 Å². The van der Waals surface area contributed by atoms with Gasteiger partial charge in [0.25, 0.3) is 0 Å². The van der Waals surface area contributed by atoms with Crippen molar-refractivity contribution in [3.05, 3.63) is 48.6 Å². The number of phosphoric ester groups is 1. The van der Waals surface area contributed by atoms with E-state index in [1.807, 2.05) is 0 Å². The Labute approximate surface area is 364 Å². The summed E-state index contributed by atoms with van der Waals surface area (Å²) in [6, 6.07) is -0.781. The van der Waals surface area contributed by atoms with Crippen molar-refractivity contribution in [2.24, 2.45) is 5.73 Å². The molecular formula is C50H95N2O6P. The molecule has 3 atom stereocenters. The molecule has 0 aromatic rings. The summed E-state index contributed by atoms with van der Waals surface area (Å²) in [5.41, 5.74) is 5.40. The highest BCUT2D eigenvalue weighted by atomic mass is 31.2. The summed E-state index contributed by atoms with van der Waals surface area (Å²) in [6.07, 6.45) is 56.9. The molecule has 0 heterocycles. The molecule has 0 spiro atoms. The van der Waals surface area contributed by atoms with Crippen molar-refractivity contribution in [1.82, 2.24) is 5.32 Å². The second kappa shape index (κ2) is 46.0. The molecule has 3 unspecified atom stereocenters. The number of phosphoric acid groups is 1. The van der Waals surface area contributed by atoms with Crippen LogP contribution in [-0.4, -0.2) is 47.8 Å². The van der Waals surface area contributed by atoms with Crippen molar-refractivity contribution in [2.45, 2.75) is 244 Å². The van der Waals surface area contributed by atoms with E-state index in [1.54, 1.807) is 0 Å². The molecule has 8 nitrogen and oxygen atoms in total. The van der Waals surface area contributed by atoms with Gasteiger partial charge in [-0.05, 0) is 51.4 Å². The lowest BCUT2D eigenvalue weighted by Crippen LogP contribution is -2.46. The number of nitrogens with one attached hydrogen (secondary N) is 1. The Morgan fingerprint density at radius 3 is 1.44 bits per heavy atom. The molecular weight excluding hydrogens is 756 g/mol. The van der Waals surface area contributed by atoms with Gasteiger partial charge in [-0.2, -0.15) is 0 Å². The first-order valence-corrected chi connectivity index (χ1v) is 26.2. The van der Waals surface area contributed by atoms with Gasteiger partial charge < -0.3 is 21.1 Å². The number of allylic oxidation sites excluding steroid dienone is 8. The van der Waals surface area contributed by atoms with Crippen LogP contribution in [0.3, 0.4) is 0 Å². The van der Waals surface area contributed by atoms with Crippen LogP contribution in [0.5, 0.6) is 0 Å². The number of carbonyl (C=O) groups is 1. The van der Waals surface area contributed by atoms with Gasteiger partial charge >= 0.3 is 7.82 Å². The maximum absolute atomic E-state index is 12.8. The third-order valence-corrected chi connectivity index (χ3v) is 11.9. The molecule has 0 fully saturated rings.